The number of ether oxygens (including phenoxy) is 3. The van der Waals surface area contributed by atoms with Gasteiger partial charge in [-0.15, -0.1) is 0 Å². The third-order valence-electron chi connectivity index (χ3n) is 4.21. The van der Waals surface area contributed by atoms with Crippen molar-refractivity contribution in [2.24, 2.45) is 16.6 Å². The number of para-hydroxylation sites is 1. The number of carbonyl (C=O) groups is 2. The quantitative estimate of drug-likeness (QED) is 0.412. The minimum atomic E-state index is -1.23. The number of benzene rings is 1. The zero-order valence-corrected chi connectivity index (χ0v) is 16.4. The van der Waals surface area contributed by atoms with Gasteiger partial charge in [-0.3, -0.25) is 14.9 Å². The summed E-state index contributed by atoms with van der Waals surface area (Å²) in [6.45, 7) is 5.19. The molecule has 10 nitrogen and oxygen atoms in total. The highest BCUT2D eigenvalue weighted by Gasteiger charge is 2.47. The Balaban J connectivity index is 2.78. The Bertz CT molecular complexity index is 863. The van der Waals surface area contributed by atoms with Crippen LogP contribution in [0.3, 0.4) is 0 Å². The maximum absolute atomic E-state index is 12.8. The smallest absolute Gasteiger partial charge is 0.338 e. The molecule has 0 spiro atoms. The summed E-state index contributed by atoms with van der Waals surface area (Å²) < 4.78 is 15.7. The molecule has 0 radical (unpaired) electrons. The lowest BCUT2D eigenvalue weighted by molar-refractivity contribution is -0.385. The average molecular weight is 405 g/mol. The highest BCUT2D eigenvalue weighted by molar-refractivity contribution is 6.05. The molecule has 29 heavy (non-hydrogen) atoms. The first-order valence-electron chi connectivity index (χ1n) is 9.15. The molecule has 2 N–H and O–H groups in total. The second kappa shape index (κ2) is 9.67. The first kappa shape index (κ1) is 21.9. The molecule has 0 bridgehead atoms. The molecule has 0 aliphatic carbocycles. The summed E-state index contributed by atoms with van der Waals surface area (Å²) in [6, 6.07) is 5.78. The first-order valence-corrected chi connectivity index (χ1v) is 9.15. The second-order valence-corrected chi connectivity index (χ2v) is 5.93. The minimum Gasteiger partial charge on any atom is -0.480 e. The van der Waals surface area contributed by atoms with E-state index in [1.165, 1.54) is 18.2 Å². The summed E-state index contributed by atoms with van der Waals surface area (Å²) in [5.74, 6) is -4.24. The molecule has 1 aromatic rings. The van der Waals surface area contributed by atoms with Gasteiger partial charge in [0.05, 0.1) is 30.3 Å². The van der Waals surface area contributed by atoms with Crippen molar-refractivity contribution < 1.29 is 28.7 Å². The van der Waals surface area contributed by atoms with Gasteiger partial charge in [-0.05, 0) is 20.8 Å². The monoisotopic (exact) mass is 405 g/mol. The Hall–Kier alpha value is -3.43. The largest absolute Gasteiger partial charge is 0.480 e. The summed E-state index contributed by atoms with van der Waals surface area (Å²) >= 11 is 0. The zero-order chi connectivity index (χ0) is 21.6. The topological polar surface area (TPSA) is 143 Å². The number of carbonyl (C=O) groups excluding carboxylic acids is 2. The Morgan fingerprint density at radius 1 is 1.14 bits per heavy atom. The van der Waals surface area contributed by atoms with Gasteiger partial charge in [0.1, 0.15) is 11.7 Å². The van der Waals surface area contributed by atoms with E-state index in [1.54, 1.807) is 26.8 Å². The Kier molecular flexibility index (Phi) is 7.29. The number of nitro groups is 1. The lowest BCUT2D eigenvalue weighted by Crippen LogP contribution is -2.40. The van der Waals surface area contributed by atoms with Gasteiger partial charge in [0, 0.05) is 17.5 Å². The highest BCUT2D eigenvalue weighted by atomic mass is 16.6. The average Bonchev–Trinajstić information content (AvgIpc) is 2.67. The first-order chi connectivity index (χ1) is 13.9. The van der Waals surface area contributed by atoms with E-state index in [0.29, 0.717) is 0 Å². The molecule has 2 rings (SSSR count). The SMILES string of the molecule is CCOC(=O)C1=C(N)N=C(OCC)[C@H](C(=O)OCC)[C@H]1c1ccccc1[N+](=O)[O-]. The van der Waals surface area contributed by atoms with Crippen LogP contribution in [-0.4, -0.2) is 42.6 Å². The van der Waals surface area contributed by atoms with Crippen molar-refractivity contribution in [2.75, 3.05) is 19.8 Å². The molecule has 2 atom stereocenters. The maximum atomic E-state index is 12.8. The summed E-state index contributed by atoms with van der Waals surface area (Å²) in [4.78, 5) is 40.6. The highest BCUT2D eigenvalue weighted by Crippen LogP contribution is 2.42. The number of rotatable bonds is 7. The van der Waals surface area contributed by atoms with Gasteiger partial charge in [0.25, 0.3) is 5.69 Å². The van der Waals surface area contributed by atoms with Gasteiger partial charge in [0.2, 0.25) is 5.90 Å². The minimum absolute atomic E-state index is 0.0469. The lowest BCUT2D eigenvalue weighted by Gasteiger charge is -2.31. The molecule has 1 aliphatic rings. The van der Waals surface area contributed by atoms with Gasteiger partial charge >= 0.3 is 11.9 Å². The molecule has 0 saturated carbocycles. The molecular weight excluding hydrogens is 382 g/mol. The van der Waals surface area contributed by atoms with Gasteiger partial charge in [0.15, 0.2) is 0 Å². The number of hydrogen-bond donors (Lipinski definition) is 1. The predicted octanol–water partition coefficient (Wildman–Crippen LogP) is 2.04. The molecule has 1 aliphatic heterocycles. The number of hydrogen-bond acceptors (Lipinski definition) is 9. The van der Waals surface area contributed by atoms with E-state index in [9.17, 15) is 19.7 Å². The molecule has 0 saturated heterocycles. The molecule has 0 fully saturated rings. The van der Waals surface area contributed by atoms with E-state index in [-0.39, 0.29) is 48.4 Å². The van der Waals surface area contributed by atoms with Crippen LogP contribution in [0.4, 0.5) is 5.69 Å². The standard InChI is InChI=1S/C19H23N3O7/c1-4-27-17-15(19(24)29-6-3)13(11-9-7-8-10-12(11)22(25)26)14(16(20)21-17)18(23)28-5-2/h7-10,13,15H,4-6,20H2,1-3H3/t13-,15+/m0/s1. The number of nitrogens with zero attached hydrogens (tertiary/aromatic N) is 2. The van der Waals surface area contributed by atoms with Crippen LogP contribution in [-0.2, 0) is 23.8 Å². The van der Waals surface area contributed by atoms with Crippen molar-refractivity contribution in [2.45, 2.75) is 26.7 Å². The van der Waals surface area contributed by atoms with Crippen molar-refractivity contribution in [1.82, 2.24) is 0 Å². The maximum Gasteiger partial charge on any atom is 0.338 e. The molecule has 0 aromatic heterocycles. The molecule has 1 aromatic carbocycles. The van der Waals surface area contributed by atoms with Crippen molar-refractivity contribution in [1.29, 1.82) is 0 Å². The Labute approximate surface area is 167 Å². The van der Waals surface area contributed by atoms with Crippen LogP contribution < -0.4 is 5.73 Å². The molecule has 0 unspecified atom stereocenters. The lowest BCUT2D eigenvalue weighted by atomic mass is 9.77. The summed E-state index contributed by atoms with van der Waals surface area (Å²) in [6.07, 6.45) is 0. The Morgan fingerprint density at radius 3 is 2.38 bits per heavy atom. The normalized spacial score (nSPS) is 18.7. The van der Waals surface area contributed by atoms with E-state index < -0.39 is 28.7 Å². The number of esters is 2. The van der Waals surface area contributed by atoms with Crippen LogP contribution in [0.2, 0.25) is 0 Å². The third-order valence-corrected chi connectivity index (χ3v) is 4.21. The predicted molar refractivity (Wildman–Crippen MR) is 103 cm³/mol. The van der Waals surface area contributed by atoms with E-state index in [4.69, 9.17) is 19.9 Å². The van der Waals surface area contributed by atoms with Crippen LogP contribution in [0.25, 0.3) is 0 Å². The summed E-state index contributed by atoms with van der Waals surface area (Å²) in [5.41, 5.74) is 5.69. The number of aliphatic imine (C=N–C) groups is 1. The zero-order valence-electron chi connectivity index (χ0n) is 16.4. The fraction of sp³-hybridized carbons (Fsp3) is 0.421. The van der Waals surface area contributed by atoms with E-state index in [0.717, 1.165) is 0 Å². The fourth-order valence-corrected chi connectivity index (χ4v) is 3.15. The van der Waals surface area contributed by atoms with Gasteiger partial charge in [-0.2, -0.15) is 4.99 Å². The summed E-state index contributed by atoms with van der Waals surface area (Å²) in [5, 5.41) is 11.6. The van der Waals surface area contributed by atoms with Crippen LogP contribution in [0.5, 0.6) is 0 Å². The van der Waals surface area contributed by atoms with Crippen LogP contribution in [0, 0.1) is 16.0 Å². The molecule has 0 amide bonds. The Morgan fingerprint density at radius 2 is 1.79 bits per heavy atom. The van der Waals surface area contributed by atoms with Crippen molar-refractivity contribution >= 4 is 23.5 Å². The van der Waals surface area contributed by atoms with E-state index in [1.807, 2.05) is 0 Å². The van der Waals surface area contributed by atoms with E-state index in [2.05, 4.69) is 4.99 Å². The van der Waals surface area contributed by atoms with Crippen LogP contribution in [0.1, 0.15) is 32.3 Å². The number of nitro benzene ring substituents is 1. The van der Waals surface area contributed by atoms with Gasteiger partial charge < -0.3 is 19.9 Å². The van der Waals surface area contributed by atoms with Crippen molar-refractivity contribution in [3.8, 4) is 0 Å². The summed E-state index contributed by atoms with van der Waals surface area (Å²) in [7, 11) is 0. The van der Waals surface area contributed by atoms with Crippen molar-refractivity contribution in [3.63, 3.8) is 0 Å². The van der Waals surface area contributed by atoms with E-state index >= 15 is 0 Å². The van der Waals surface area contributed by atoms with Crippen molar-refractivity contribution in [3.05, 3.63) is 51.3 Å². The van der Waals surface area contributed by atoms with Gasteiger partial charge in [-0.25, -0.2) is 4.79 Å². The molecule has 10 heteroatoms. The fourth-order valence-electron chi connectivity index (χ4n) is 3.15. The molecule has 156 valence electrons. The third kappa shape index (κ3) is 4.53. The number of nitrogens with two attached hydrogens (primary N) is 1. The molecular formula is C19H23N3O7. The van der Waals surface area contributed by atoms with Crippen LogP contribution in [0.15, 0.2) is 40.7 Å². The van der Waals surface area contributed by atoms with Gasteiger partial charge in [-0.1, -0.05) is 18.2 Å². The molecule has 1 heterocycles. The van der Waals surface area contributed by atoms with Crippen LogP contribution >= 0.6 is 0 Å². The second-order valence-electron chi connectivity index (χ2n) is 5.93.